The van der Waals surface area contributed by atoms with Gasteiger partial charge in [0.2, 0.25) is 0 Å². The third-order valence-corrected chi connectivity index (χ3v) is 3.01. The lowest BCUT2D eigenvalue weighted by Crippen LogP contribution is -2.13. The molecule has 0 aliphatic rings. The summed E-state index contributed by atoms with van der Waals surface area (Å²) >= 11 is 0. The van der Waals surface area contributed by atoms with E-state index in [1.165, 1.54) is 0 Å². The second-order valence-corrected chi connectivity index (χ2v) is 5.70. The second-order valence-electron chi connectivity index (χ2n) is 5.70. The third-order valence-electron chi connectivity index (χ3n) is 3.01. The van der Waals surface area contributed by atoms with E-state index in [9.17, 15) is 5.11 Å². The molecule has 0 saturated heterocycles. The van der Waals surface area contributed by atoms with Crippen LogP contribution < -0.4 is 4.74 Å². The van der Waals surface area contributed by atoms with E-state index in [2.05, 4.69) is 20.8 Å². The minimum absolute atomic E-state index is 0.0142. The van der Waals surface area contributed by atoms with Gasteiger partial charge in [-0.05, 0) is 22.6 Å². The van der Waals surface area contributed by atoms with Gasteiger partial charge in [-0.2, -0.15) is 0 Å². The number of phenols is 1. The van der Waals surface area contributed by atoms with E-state index in [1.54, 1.807) is 12.1 Å². The van der Waals surface area contributed by atoms with E-state index in [1.807, 2.05) is 36.4 Å². The van der Waals surface area contributed by atoms with Crippen LogP contribution in [0.5, 0.6) is 11.5 Å². The van der Waals surface area contributed by atoms with Gasteiger partial charge in [0.25, 0.3) is 0 Å². The molecule has 0 amide bonds. The molecule has 100 valence electrons. The van der Waals surface area contributed by atoms with Crippen LogP contribution in [0.3, 0.4) is 0 Å². The Labute approximate surface area is 114 Å². The van der Waals surface area contributed by atoms with Crippen molar-refractivity contribution in [3.8, 4) is 11.5 Å². The molecular weight excluding hydrogens is 236 g/mol. The first-order chi connectivity index (χ1) is 8.97. The molecule has 2 aromatic carbocycles. The van der Waals surface area contributed by atoms with Crippen LogP contribution in [-0.4, -0.2) is 5.11 Å². The standard InChI is InChI=1S/C17H20O2/c1-17(2,3)15-10-9-14(18)11-16(15)19-12-13-7-5-4-6-8-13/h4-11,18H,12H2,1-3H3. The van der Waals surface area contributed by atoms with E-state index in [0.717, 1.165) is 16.9 Å². The Morgan fingerprint density at radius 2 is 1.68 bits per heavy atom. The van der Waals surface area contributed by atoms with Crippen molar-refractivity contribution in [1.82, 2.24) is 0 Å². The Morgan fingerprint density at radius 3 is 2.32 bits per heavy atom. The van der Waals surface area contributed by atoms with Gasteiger partial charge in [-0.25, -0.2) is 0 Å². The molecular formula is C17H20O2. The first-order valence-electron chi connectivity index (χ1n) is 6.47. The second kappa shape index (κ2) is 5.35. The van der Waals surface area contributed by atoms with Crippen LogP contribution in [0.4, 0.5) is 0 Å². The van der Waals surface area contributed by atoms with Crippen molar-refractivity contribution in [3.05, 3.63) is 59.7 Å². The Hall–Kier alpha value is -1.96. The number of hydrogen-bond acceptors (Lipinski definition) is 2. The fraction of sp³-hybridized carbons (Fsp3) is 0.294. The largest absolute Gasteiger partial charge is 0.508 e. The van der Waals surface area contributed by atoms with Crippen LogP contribution in [0.1, 0.15) is 31.9 Å². The number of benzene rings is 2. The van der Waals surface area contributed by atoms with E-state index in [4.69, 9.17) is 4.74 Å². The van der Waals surface area contributed by atoms with E-state index < -0.39 is 0 Å². The third kappa shape index (κ3) is 3.50. The lowest BCUT2D eigenvalue weighted by atomic mass is 9.86. The van der Waals surface area contributed by atoms with Crippen LogP contribution in [0.15, 0.2) is 48.5 Å². The fourth-order valence-corrected chi connectivity index (χ4v) is 1.99. The predicted octanol–water partition coefficient (Wildman–Crippen LogP) is 4.27. The molecule has 2 aromatic rings. The van der Waals surface area contributed by atoms with Crippen molar-refractivity contribution in [2.75, 3.05) is 0 Å². The summed E-state index contributed by atoms with van der Waals surface area (Å²) in [5, 5.41) is 9.62. The molecule has 0 aliphatic carbocycles. The average molecular weight is 256 g/mol. The highest BCUT2D eigenvalue weighted by molar-refractivity contribution is 5.43. The molecule has 19 heavy (non-hydrogen) atoms. The lowest BCUT2D eigenvalue weighted by molar-refractivity contribution is 0.295. The molecule has 0 spiro atoms. The molecule has 0 saturated carbocycles. The molecule has 0 heterocycles. The molecule has 0 unspecified atom stereocenters. The summed E-state index contributed by atoms with van der Waals surface area (Å²) < 4.78 is 5.87. The van der Waals surface area contributed by atoms with Crippen LogP contribution >= 0.6 is 0 Å². The molecule has 0 aromatic heterocycles. The molecule has 2 nitrogen and oxygen atoms in total. The van der Waals surface area contributed by atoms with Gasteiger partial charge in [-0.1, -0.05) is 57.2 Å². The van der Waals surface area contributed by atoms with Gasteiger partial charge in [-0.3, -0.25) is 0 Å². The van der Waals surface area contributed by atoms with Gasteiger partial charge in [0.15, 0.2) is 0 Å². The number of hydrogen-bond donors (Lipinski definition) is 1. The highest BCUT2D eigenvalue weighted by Crippen LogP contribution is 2.34. The Kier molecular flexibility index (Phi) is 3.79. The van der Waals surface area contributed by atoms with Gasteiger partial charge in [0.05, 0.1) is 0 Å². The Balaban J connectivity index is 2.22. The number of ether oxygens (including phenoxy) is 1. The Morgan fingerprint density at radius 1 is 1.00 bits per heavy atom. The van der Waals surface area contributed by atoms with Crippen LogP contribution in [-0.2, 0) is 12.0 Å². The topological polar surface area (TPSA) is 29.5 Å². The lowest BCUT2D eigenvalue weighted by Gasteiger charge is -2.23. The summed E-state index contributed by atoms with van der Waals surface area (Å²) in [6.45, 7) is 6.91. The maximum absolute atomic E-state index is 9.62. The molecule has 0 bridgehead atoms. The quantitative estimate of drug-likeness (QED) is 0.888. The van der Waals surface area contributed by atoms with Crippen LogP contribution in [0.2, 0.25) is 0 Å². The van der Waals surface area contributed by atoms with Crippen molar-refractivity contribution in [2.24, 2.45) is 0 Å². The van der Waals surface area contributed by atoms with E-state index >= 15 is 0 Å². The first kappa shape index (κ1) is 13.5. The summed E-state index contributed by atoms with van der Waals surface area (Å²) in [5.41, 5.74) is 2.20. The van der Waals surface area contributed by atoms with E-state index in [-0.39, 0.29) is 11.2 Å². The van der Waals surface area contributed by atoms with Crippen molar-refractivity contribution < 1.29 is 9.84 Å². The number of aromatic hydroxyl groups is 1. The van der Waals surface area contributed by atoms with Crippen molar-refractivity contribution >= 4 is 0 Å². The van der Waals surface area contributed by atoms with Gasteiger partial charge < -0.3 is 9.84 Å². The van der Waals surface area contributed by atoms with Crippen molar-refractivity contribution in [1.29, 1.82) is 0 Å². The monoisotopic (exact) mass is 256 g/mol. The van der Waals surface area contributed by atoms with Crippen LogP contribution in [0.25, 0.3) is 0 Å². The summed E-state index contributed by atoms with van der Waals surface area (Å²) in [6.07, 6.45) is 0. The summed E-state index contributed by atoms with van der Waals surface area (Å²) in [5.74, 6) is 0.979. The zero-order valence-corrected chi connectivity index (χ0v) is 11.7. The zero-order chi connectivity index (χ0) is 13.9. The van der Waals surface area contributed by atoms with Gasteiger partial charge in [0, 0.05) is 6.07 Å². The van der Waals surface area contributed by atoms with Gasteiger partial charge in [0.1, 0.15) is 18.1 Å². The van der Waals surface area contributed by atoms with Gasteiger partial charge in [-0.15, -0.1) is 0 Å². The fourth-order valence-electron chi connectivity index (χ4n) is 1.99. The molecule has 0 fully saturated rings. The predicted molar refractivity (Wildman–Crippen MR) is 77.6 cm³/mol. The highest BCUT2D eigenvalue weighted by Gasteiger charge is 2.19. The summed E-state index contributed by atoms with van der Waals surface area (Å²) in [6, 6.07) is 15.3. The minimum atomic E-state index is -0.0142. The average Bonchev–Trinajstić information content (AvgIpc) is 2.36. The molecule has 2 rings (SSSR count). The maximum atomic E-state index is 9.62. The van der Waals surface area contributed by atoms with E-state index in [0.29, 0.717) is 6.61 Å². The zero-order valence-electron chi connectivity index (χ0n) is 11.7. The first-order valence-corrected chi connectivity index (χ1v) is 6.47. The summed E-state index contributed by atoms with van der Waals surface area (Å²) in [4.78, 5) is 0. The SMILES string of the molecule is CC(C)(C)c1ccc(O)cc1OCc1ccccc1. The normalized spacial score (nSPS) is 11.3. The molecule has 2 heteroatoms. The maximum Gasteiger partial charge on any atom is 0.127 e. The minimum Gasteiger partial charge on any atom is -0.508 e. The molecule has 0 aliphatic heterocycles. The molecule has 0 atom stereocenters. The summed E-state index contributed by atoms with van der Waals surface area (Å²) in [7, 11) is 0. The molecule has 1 N–H and O–H groups in total. The van der Waals surface area contributed by atoms with Crippen molar-refractivity contribution in [2.45, 2.75) is 32.8 Å². The van der Waals surface area contributed by atoms with Crippen molar-refractivity contribution in [3.63, 3.8) is 0 Å². The van der Waals surface area contributed by atoms with Crippen LogP contribution in [0, 0.1) is 0 Å². The molecule has 0 radical (unpaired) electrons. The smallest absolute Gasteiger partial charge is 0.127 e. The highest BCUT2D eigenvalue weighted by atomic mass is 16.5. The Bertz CT molecular complexity index is 539. The number of rotatable bonds is 3. The number of phenolic OH excluding ortho intramolecular Hbond substituents is 1. The van der Waals surface area contributed by atoms with Gasteiger partial charge >= 0.3 is 0 Å².